The van der Waals surface area contributed by atoms with Crippen molar-refractivity contribution in [2.45, 2.75) is 0 Å². The molecular weight excluding hydrogens is 797 g/mol. The molecule has 11 rings (SSSR count). The van der Waals surface area contributed by atoms with Crippen molar-refractivity contribution < 1.29 is 0 Å². The van der Waals surface area contributed by atoms with Gasteiger partial charge in [0.25, 0.3) is 0 Å². The molecule has 302 valence electrons. The van der Waals surface area contributed by atoms with Crippen LogP contribution in [-0.4, -0.2) is 29.5 Å². The lowest BCUT2D eigenvalue weighted by atomic mass is 9.99. The number of fused-ring (bicyclic) bond motifs is 3. The van der Waals surface area contributed by atoms with Crippen LogP contribution in [-0.2, 0) is 0 Å². The van der Waals surface area contributed by atoms with E-state index in [4.69, 9.17) is 24.9 Å². The fraction of sp³-hybridized carbons (Fsp3) is 0. The number of benzene rings is 8. The van der Waals surface area contributed by atoms with Crippen LogP contribution in [0.1, 0.15) is 11.1 Å². The molecule has 0 spiro atoms. The Bertz CT molecular complexity index is 3520. The van der Waals surface area contributed by atoms with E-state index in [1.54, 1.807) is 6.07 Å². The summed E-state index contributed by atoms with van der Waals surface area (Å²) >= 11 is 0. The van der Waals surface area contributed by atoms with Gasteiger partial charge in [-0.05, 0) is 65.7 Å². The lowest BCUT2D eigenvalue weighted by Gasteiger charge is -2.17. The first kappa shape index (κ1) is 38.5. The third kappa shape index (κ3) is 7.34. The SMILES string of the molecule is N#Cc1cc(C#N)cc(-c2ccc3c4ccccc4n(-c4ccc(-c5nc(-c6ccccc6)nc(-c6ccccc6)n5)cc4-c4cc(-c5ccccc5)nc(-c5ccccc5)n4)c3c2)c1. The van der Waals surface area contributed by atoms with Crippen LogP contribution in [0, 0.1) is 22.7 Å². The van der Waals surface area contributed by atoms with Gasteiger partial charge in [-0.15, -0.1) is 0 Å². The summed E-state index contributed by atoms with van der Waals surface area (Å²) in [5.74, 6) is 2.23. The van der Waals surface area contributed by atoms with Crippen LogP contribution in [0.4, 0.5) is 0 Å². The molecule has 0 fully saturated rings. The van der Waals surface area contributed by atoms with Crippen molar-refractivity contribution >= 4 is 21.8 Å². The van der Waals surface area contributed by atoms with Crippen LogP contribution < -0.4 is 0 Å². The average molecular weight is 831 g/mol. The quantitative estimate of drug-likeness (QED) is 0.150. The van der Waals surface area contributed by atoms with Gasteiger partial charge in [0.1, 0.15) is 0 Å². The van der Waals surface area contributed by atoms with Gasteiger partial charge >= 0.3 is 0 Å². The fourth-order valence-electron chi connectivity index (χ4n) is 8.40. The monoisotopic (exact) mass is 830 g/mol. The average Bonchev–Trinajstić information content (AvgIpc) is 3.72. The molecule has 3 aromatic heterocycles. The zero-order chi connectivity index (χ0) is 43.7. The number of aromatic nitrogens is 6. The summed E-state index contributed by atoms with van der Waals surface area (Å²) in [5.41, 5.74) is 12.0. The fourth-order valence-corrected chi connectivity index (χ4v) is 8.40. The molecule has 0 N–H and O–H groups in total. The minimum atomic E-state index is 0.425. The van der Waals surface area contributed by atoms with E-state index in [0.29, 0.717) is 40.1 Å². The third-order valence-electron chi connectivity index (χ3n) is 11.5. The van der Waals surface area contributed by atoms with Crippen molar-refractivity contribution in [3.8, 4) is 97.0 Å². The molecule has 11 aromatic rings. The van der Waals surface area contributed by atoms with Gasteiger partial charge in [0, 0.05) is 44.2 Å². The lowest BCUT2D eigenvalue weighted by Crippen LogP contribution is -2.03. The van der Waals surface area contributed by atoms with Crippen molar-refractivity contribution in [3.63, 3.8) is 0 Å². The molecule has 0 unspecified atom stereocenters. The Balaban J connectivity index is 1.21. The Hall–Kier alpha value is -9.37. The molecule has 0 aliphatic heterocycles. The Morgan fingerprint density at radius 1 is 0.323 bits per heavy atom. The zero-order valence-electron chi connectivity index (χ0n) is 34.7. The minimum absolute atomic E-state index is 0.425. The van der Waals surface area contributed by atoms with Gasteiger partial charge < -0.3 is 4.57 Å². The van der Waals surface area contributed by atoms with Gasteiger partial charge in [-0.1, -0.05) is 152 Å². The summed E-state index contributed by atoms with van der Waals surface area (Å²) in [7, 11) is 0. The number of hydrogen-bond acceptors (Lipinski definition) is 7. The number of nitrogens with zero attached hydrogens (tertiary/aromatic N) is 8. The van der Waals surface area contributed by atoms with E-state index >= 15 is 0 Å². The molecular formula is C57H34N8. The standard InChI is InChI=1S/C57H34N8/c58-35-37-29-38(36-59)31-45(30-37)43-25-27-47-46-23-13-14-24-51(46)65(53(47)33-43)52-28-26-44(57-63-55(41-19-9-3-10-20-41)62-56(64-57)42-21-11-4-12-22-42)32-48(52)50-34-49(39-15-5-1-6-16-39)60-54(61-50)40-17-7-2-8-18-40/h1-34H. The normalized spacial score (nSPS) is 11.0. The molecule has 8 heteroatoms. The first-order chi connectivity index (χ1) is 32.1. The maximum atomic E-state index is 9.88. The molecule has 0 saturated carbocycles. The predicted molar refractivity (Wildman–Crippen MR) is 257 cm³/mol. The van der Waals surface area contributed by atoms with Gasteiger partial charge in [0.15, 0.2) is 23.3 Å². The number of para-hydroxylation sites is 1. The van der Waals surface area contributed by atoms with Gasteiger partial charge in [-0.25, -0.2) is 24.9 Å². The number of rotatable bonds is 8. The molecule has 0 atom stereocenters. The molecule has 0 saturated heterocycles. The highest BCUT2D eigenvalue weighted by atomic mass is 15.0. The maximum absolute atomic E-state index is 9.88. The van der Waals surface area contributed by atoms with Crippen molar-refractivity contribution in [1.29, 1.82) is 10.5 Å². The molecule has 0 aliphatic carbocycles. The molecule has 3 heterocycles. The van der Waals surface area contributed by atoms with Gasteiger partial charge in [-0.2, -0.15) is 10.5 Å². The van der Waals surface area contributed by atoms with E-state index in [0.717, 1.165) is 77.7 Å². The zero-order valence-corrected chi connectivity index (χ0v) is 34.7. The number of hydrogen-bond donors (Lipinski definition) is 0. The summed E-state index contributed by atoms with van der Waals surface area (Å²) in [6.45, 7) is 0. The van der Waals surface area contributed by atoms with E-state index in [2.05, 4.69) is 95.6 Å². The van der Waals surface area contributed by atoms with E-state index in [1.807, 2.05) is 121 Å². The summed E-state index contributed by atoms with van der Waals surface area (Å²) in [6.07, 6.45) is 0. The Labute approximate surface area is 374 Å². The highest BCUT2D eigenvalue weighted by molar-refractivity contribution is 6.11. The Morgan fingerprint density at radius 2 is 0.800 bits per heavy atom. The third-order valence-corrected chi connectivity index (χ3v) is 11.5. The van der Waals surface area contributed by atoms with Crippen LogP contribution in [0.25, 0.3) is 107 Å². The predicted octanol–water partition coefficient (Wildman–Crippen LogP) is 13.2. The van der Waals surface area contributed by atoms with Crippen LogP contribution >= 0.6 is 0 Å². The summed E-state index contributed by atoms with van der Waals surface area (Å²) in [4.78, 5) is 25.7. The van der Waals surface area contributed by atoms with E-state index < -0.39 is 0 Å². The van der Waals surface area contributed by atoms with Crippen molar-refractivity contribution in [1.82, 2.24) is 29.5 Å². The van der Waals surface area contributed by atoms with Crippen LogP contribution in [0.15, 0.2) is 206 Å². The Morgan fingerprint density at radius 3 is 1.38 bits per heavy atom. The molecule has 0 bridgehead atoms. The second-order valence-electron chi connectivity index (χ2n) is 15.6. The second-order valence-corrected chi connectivity index (χ2v) is 15.6. The van der Waals surface area contributed by atoms with Gasteiger partial charge in [0.2, 0.25) is 0 Å². The van der Waals surface area contributed by atoms with E-state index in [-0.39, 0.29) is 0 Å². The molecule has 0 amide bonds. The summed E-state index contributed by atoms with van der Waals surface area (Å²) in [5, 5.41) is 21.9. The first-order valence-electron chi connectivity index (χ1n) is 21.1. The molecule has 65 heavy (non-hydrogen) atoms. The highest BCUT2D eigenvalue weighted by Crippen LogP contribution is 2.40. The van der Waals surface area contributed by atoms with E-state index in [9.17, 15) is 10.5 Å². The van der Waals surface area contributed by atoms with Crippen molar-refractivity contribution in [2.24, 2.45) is 0 Å². The minimum Gasteiger partial charge on any atom is -0.309 e. The van der Waals surface area contributed by atoms with Crippen molar-refractivity contribution in [2.75, 3.05) is 0 Å². The van der Waals surface area contributed by atoms with Crippen molar-refractivity contribution in [3.05, 3.63) is 217 Å². The molecule has 8 aromatic carbocycles. The largest absolute Gasteiger partial charge is 0.309 e. The smallest absolute Gasteiger partial charge is 0.164 e. The maximum Gasteiger partial charge on any atom is 0.164 e. The van der Waals surface area contributed by atoms with Crippen LogP contribution in [0.2, 0.25) is 0 Å². The lowest BCUT2D eigenvalue weighted by molar-refractivity contribution is 1.07. The summed E-state index contributed by atoms with van der Waals surface area (Å²) < 4.78 is 2.28. The summed E-state index contributed by atoms with van der Waals surface area (Å²) in [6, 6.07) is 72.9. The first-order valence-corrected chi connectivity index (χ1v) is 21.1. The topological polar surface area (TPSA) is 117 Å². The number of nitriles is 2. The van der Waals surface area contributed by atoms with Gasteiger partial charge in [0.05, 0.1) is 51.4 Å². The van der Waals surface area contributed by atoms with Crippen LogP contribution in [0.3, 0.4) is 0 Å². The van der Waals surface area contributed by atoms with E-state index in [1.165, 1.54) is 0 Å². The molecule has 8 nitrogen and oxygen atoms in total. The molecule has 0 radical (unpaired) electrons. The highest BCUT2D eigenvalue weighted by Gasteiger charge is 2.22. The van der Waals surface area contributed by atoms with Crippen LogP contribution in [0.5, 0.6) is 0 Å². The Kier molecular flexibility index (Phi) is 9.78. The van der Waals surface area contributed by atoms with Gasteiger partial charge in [-0.3, -0.25) is 0 Å². The molecule has 0 aliphatic rings. The second kappa shape index (κ2) is 16.5.